The van der Waals surface area contributed by atoms with Crippen molar-refractivity contribution < 1.29 is 0 Å². The van der Waals surface area contributed by atoms with Crippen LogP contribution in [0.5, 0.6) is 0 Å². The van der Waals surface area contributed by atoms with E-state index in [1.54, 1.807) is 12.1 Å². The van der Waals surface area contributed by atoms with E-state index in [2.05, 4.69) is 20.9 Å². The summed E-state index contributed by atoms with van der Waals surface area (Å²) in [4.78, 5) is 15.5. The summed E-state index contributed by atoms with van der Waals surface area (Å²) in [6.45, 7) is 0. The van der Waals surface area contributed by atoms with Crippen molar-refractivity contribution in [1.29, 1.82) is 0 Å². The van der Waals surface area contributed by atoms with Crippen molar-refractivity contribution in [3.63, 3.8) is 0 Å². The molecule has 2 aromatic rings. The van der Waals surface area contributed by atoms with Gasteiger partial charge in [0, 0.05) is 21.6 Å². The lowest BCUT2D eigenvalue weighted by atomic mass is 10.0. The fourth-order valence-corrected chi connectivity index (χ4v) is 3.71. The smallest absolute Gasteiger partial charge is 0.189 e. The fraction of sp³-hybridized carbons (Fsp3) is 0.357. The molecule has 1 N–H and O–H groups in total. The van der Waals surface area contributed by atoms with Crippen LogP contribution >= 0.6 is 39.1 Å². The minimum atomic E-state index is -0.00471. The van der Waals surface area contributed by atoms with Crippen molar-refractivity contribution in [2.24, 2.45) is 0 Å². The summed E-state index contributed by atoms with van der Waals surface area (Å²) in [7, 11) is 0. The summed E-state index contributed by atoms with van der Waals surface area (Å²) in [6, 6.07) is 3.43. The Morgan fingerprint density at radius 1 is 1.16 bits per heavy atom. The van der Waals surface area contributed by atoms with Crippen molar-refractivity contribution in [3.05, 3.63) is 42.6 Å². The zero-order valence-electron chi connectivity index (χ0n) is 10.1. The summed E-state index contributed by atoms with van der Waals surface area (Å²) in [5.74, 6) is 0.440. The van der Waals surface area contributed by atoms with E-state index in [4.69, 9.17) is 23.2 Å². The molecule has 1 aliphatic carbocycles. The van der Waals surface area contributed by atoms with Gasteiger partial charge < -0.3 is 4.98 Å². The van der Waals surface area contributed by atoms with Crippen LogP contribution in [0.2, 0.25) is 10.0 Å². The number of benzene rings is 1. The van der Waals surface area contributed by atoms with Crippen LogP contribution in [0.4, 0.5) is 0 Å². The van der Waals surface area contributed by atoms with Crippen LogP contribution < -0.4 is 5.43 Å². The maximum Gasteiger partial charge on any atom is 0.189 e. The lowest BCUT2D eigenvalue weighted by Gasteiger charge is -2.12. The second-order valence-electron chi connectivity index (χ2n) is 4.98. The molecular formula is C14H12BrCl2NO. The standard InChI is InChI=1S/C14H12BrCl2NO/c15-9-5-8-11(19)6-10(7-3-1-2-4-7)18-14(8)13(17)12(9)16/h5-7H,1-4H2,(H,18,19). The molecule has 0 amide bonds. The lowest BCUT2D eigenvalue weighted by molar-refractivity contribution is 0.700. The number of halogens is 3. The van der Waals surface area contributed by atoms with Gasteiger partial charge in [-0.1, -0.05) is 36.0 Å². The van der Waals surface area contributed by atoms with E-state index >= 15 is 0 Å². The first-order chi connectivity index (χ1) is 9.08. The lowest BCUT2D eigenvalue weighted by Crippen LogP contribution is -2.08. The van der Waals surface area contributed by atoms with Crippen molar-refractivity contribution in [2.75, 3.05) is 0 Å². The Kier molecular flexibility index (Phi) is 3.63. The molecule has 100 valence electrons. The summed E-state index contributed by atoms with van der Waals surface area (Å²) in [6.07, 6.45) is 4.70. The molecule has 1 aromatic carbocycles. The molecule has 0 saturated heterocycles. The van der Waals surface area contributed by atoms with E-state index < -0.39 is 0 Å². The number of H-pyrrole nitrogens is 1. The van der Waals surface area contributed by atoms with Gasteiger partial charge in [0.05, 0.1) is 15.6 Å². The van der Waals surface area contributed by atoms with E-state index in [-0.39, 0.29) is 5.43 Å². The maximum atomic E-state index is 12.2. The summed E-state index contributed by atoms with van der Waals surface area (Å²) >= 11 is 15.7. The average Bonchev–Trinajstić information content (AvgIpc) is 2.91. The molecule has 19 heavy (non-hydrogen) atoms. The van der Waals surface area contributed by atoms with E-state index in [0.717, 1.165) is 18.5 Å². The Bertz CT molecular complexity index is 705. The van der Waals surface area contributed by atoms with Crippen LogP contribution in [-0.2, 0) is 0 Å². The predicted octanol–water partition coefficient (Wildman–Crippen LogP) is 5.26. The highest BCUT2D eigenvalue weighted by atomic mass is 79.9. The first kappa shape index (κ1) is 13.5. The topological polar surface area (TPSA) is 32.9 Å². The molecule has 1 saturated carbocycles. The van der Waals surface area contributed by atoms with Gasteiger partial charge in [-0.05, 0) is 40.8 Å². The summed E-state index contributed by atoms with van der Waals surface area (Å²) in [5, 5.41) is 1.42. The Hall–Kier alpha value is -0.510. The molecule has 0 aliphatic heterocycles. The van der Waals surface area contributed by atoms with Gasteiger partial charge in [-0.25, -0.2) is 0 Å². The zero-order valence-corrected chi connectivity index (χ0v) is 13.2. The van der Waals surface area contributed by atoms with Crippen LogP contribution in [0.1, 0.15) is 37.3 Å². The molecule has 0 spiro atoms. The summed E-state index contributed by atoms with van der Waals surface area (Å²) in [5.41, 5.74) is 1.62. The van der Waals surface area contributed by atoms with Gasteiger partial charge in [-0.2, -0.15) is 0 Å². The van der Waals surface area contributed by atoms with Gasteiger partial charge >= 0.3 is 0 Å². The molecule has 3 rings (SSSR count). The number of pyridine rings is 1. The van der Waals surface area contributed by atoms with Crippen molar-refractivity contribution >= 4 is 50.0 Å². The van der Waals surface area contributed by atoms with Crippen molar-refractivity contribution in [1.82, 2.24) is 4.98 Å². The predicted molar refractivity (Wildman–Crippen MR) is 83.5 cm³/mol. The largest absolute Gasteiger partial charge is 0.357 e. The van der Waals surface area contributed by atoms with Crippen LogP contribution in [0.15, 0.2) is 21.4 Å². The zero-order chi connectivity index (χ0) is 13.6. The quantitative estimate of drug-likeness (QED) is 0.691. The molecule has 1 aromatic heterocycles. The second-order valence-corrected chi connectivity index (χ2v) is 6.59. The first-order valence-corrected chi connectivity index (χ1v) is 7.83. The van der Waals surface area contributed by atoms with Crippen molar-refractivity contribution in [3.8, 4) is 0 Å². The molecule has 0 unspecified atom stereocenters. The van der Waals surface area contributed by atoms with E-state index in [1.807, 2.05) is 0 Å². The number of aromatic nitrogens is 1. The minimum absolute atomic E-state index is 0.00471. The highest BCUT2D eigenvalue weighted by Crippen LogP contribution is 2.37. The maximum absolute atomic E-state index is 12.2. The normalized spacial score (nSPS) is 16.4. The summed E-state index contributed by atoms with van der Waals surface area (Å²) < 4.78 is 0.644. The Balaban J connectivity index is 2.27. The van der Waals surface area contributed by atoms with Crippen molar-refractivity contribution in [2.45, 2.75) is 31.6 Å². The molecule has 0 radical (unpaired) electrons. The third kappa shape index (κ3) is 2.32. The number of hydrogen-bond donors (Lipinski definition) is 1. The Labute approximate surface area is 129 Å². The molecule has 2 nitrogen and oxygen atoms in total. The third-order valence-electron chi connectivity index (χ3n) is 3.78. The average molecular weight is 361 g/mol. The molecule has 1 aliphatic rings. The SMILES string of the molecule is O=c1cc(C2CCCC2)[nH]c2c(Cl)c(Cl)c(Br)cc12. The van der Waals surface area contributed by atoms with Gasteiger partial charge in [-0.3, -0.25) is 4.79 Å². The molecule has 0 bridgehead atoms. The van der Waals surface area contributed by atoms with Gasteiger partial charge in [0.1, 0.15) is 0 Å². The number of rotatable bonds is 1. The van der Waals surface area contributed by atoms with Crippen LogP contribution in [-0.4, -0.2) is 4.98 Å². The van der Waals surface area contributed by atoms with Gasteiger partial charge in [0.25, 0.3) is 0 Å². The molecular weight excluding hydrogens is 349 g/mol. The first-order valence-electron chi connectivity index (χ1n) is 6.28. The van der Waals surface area contributed by atoms with E-state index in [0.29, 0.717) is 31.3 Å². The minimum Gasteiger partial charge on any atom is -0.357 e. The highest BCUT2D eigenvalue weighted by Gasteiger charge is 2.20. The molecule has 1 heterocycles. The Morgan fingerprint density at radius 3 is 2.53 bits per heavy atom. The van der Waals surface area contributed by atoms with E-state index in [1.165, 1.54) is 12.8 Å². The second kappa shape index (κ2) is 5.12. The molecule has 1 fully saturated rings. The number of nitrogens with one attached hydrogen (secondary N) is 1. The number of fused-ring (bicyclic) bond motifs is 1. The third-order valence-corrected chi connectivity index (χ3v) is 5.50. The number of aromatic amines is 1. The molecule has 0 atom stereocenters. The fourth-order valence-electron chi connectivity index (χ4n) is 2.77. The molecule has 5 heteroatoms. The van der Waals surface area contributed by atoms with Crippen LogP contribution in [0.25, 0.3) is 10.9 Å². The van der Waals surface area contributed by atoms with Crippen LogP contribution in [0.3, 0.4) is 0 Å². The van der Waals surface area contributed by atoms with Gasteiger partial charge in [0.15, 0.2) is 5.43 Å². The van der Waals surface area contributed by atoms with Gasteiger partial charge in [0.2, 0.25) is 0 Å². The van der Waals surface area contributed by atoms with Gasteiger partial charge in [-0.15, -0.1) is 0 Å². The monoisotopic (exact) mass is 359 g/mol. The van der Waals surface area contributed by atoms with Crippen LogP contribution in [0, 0.1) is 0 Å². The Morgan fingerprint density at radius 2 is 1.84 bits per heavy atom. The highest BCUT2D eigenvalue weighted by molar-refractivity contribution is 9.10. The van der Waals surface area contributed by atoms with E-state index in [9.17, 15) is 4.79 Å². The number of hydrogen-bond acceptors (Lipinski definition) is 1.